The topological polar surface area (TPSA) is 142 Å². The monoisotopic (exact) mass is 532 g/mol. The highest BCUT2D eigenvalue weighted by Gasteiger charge is 2.00. The van der Waals surface area contributed by atoms with Crippen LogP contribution in [-0.4, -0.2) is 162 Å². The largest absolute Gasteiger partial charge is 0.394 e. The Morgan fingerprint density at radius 2 is 0.611 bits per heavy atom. The van der Waals surface area contributed by atoms with Crippen LogP contribution in [0.3, 0.4) is 0 Å². The summed E-state index contributed by atoms with van der Waals surface area (Å²) in [6.07, 6.45) is -0.900. The van der Waals surface area contributed by atoms with Gasteiger partial charge in [0.1, 0.15) is 0 Å². The molecule has 0 aromatic carbocycles. The molecule has 0 aromatic heterocycles. The minimum Gasteiger partial charge on any atom is -0.394 e. The summed E-state index contributed by atoms with van der Waals surface area (Å²) in [5.74, 6) is 0. The first-order chi connectivity index (χ1) is 17.8. The molecule has 0 aliphatic carbocycles. The second kappa shape index (κ2) is 32.5. The number of methoxy groups -OCH3 is 1. The van der Waals surface area contributed by atoms with Gasteiger partial charge in [-0.25, -0.2) is 0 Å². The van der Waals surface area contributed by atoms with Crippen LogP contribution in [0, 0.1) is 0 Å². The van der Waals surface area contributed by atoms with Crippen LogP contribution < -0.4 is 0 Å². The van der Waals surface area contributed by atoms with Gasteiger partial charge in [-0.3, -0.25) is 0 Å². The number of aliphatic hydroxyl groups excluding tert-OH is 2. The van der Waals surface area contributed by atoms with E-state index in [1.807, 2.05) is 0 Å². The lowest BCUT2D eigenvalue weighted by Crippen LogP contribution is -2.19. The second-order valence-electron chi connectivity index (χ2n) is 7.00. The van der Waals surface area contributed by atoms with Crippen LogP contribution in [0.15, 0.2) is 0 Å². The molecule has 13 heteroatoms. The fourth-order valence-corrected chi connectivity index (χ4v) is 2.30. The maximum absolute atomic E-state index is 9.11. The predicted molar refractivity (Wildman–Crippen MR) is 128 cm³/mol. The van der Waals surface area contributed by atoms with E-state index in [4.69, 9.17) is 57.6 Å². The molecule has 0 bridgehead atoms. The maximum atomic E-state index is 9.11. The Morgan fingerprint density at radius 3 is 0.833 bits per heavy atom. The standard InChI is InChI=1S/C23H48O13/c1-26-23(25)22-36-21-20-35-19-18-34-17-16-33-15-14-32-13-12-31-11-10-30-9-8-29-7-6-28-5-4-27-3-2-24/h23-25H,2-22H2,1H3. The Kier molecular flexibility index (Phi) is 32.0. The van der Waals surface area contributed by atoms with Crippen molar-refractivity contribution >= 4 is 0 Å². The molecule has 0 radical (unpaired) electrons. The van der Waals surface area contributed by atoms with Crippen molar-refractivity contribution in [3.05, 3.63) is 0 Å². The maximum Gasteiger partial charge on any atom is 0.177 e. The number of ether oxygens (including phenoxy) is 11. The molecule has 1 unspecified atom stereocenters. The highest BCUT2D eigenvalue weighted by atomic mass is 16.6. The van der Waals surface area contributed by atoms with E-state index >= 15 is 0 Å². The quantitative estimate of drug-likeness (QED) is 0.0818. The molecule has 0 aliphatic heterocycles. The van der Waals surface area contributed by atoms with Gasteiger partial charge in [-0.05, 0) is 0 Å². The van der Waals surface area contributed by atoms with Crippen molar-refractivity contribution in [1.29, 1.82) is 0 Å². The molecule has 0 saturated heterocycles. The Hall–Kier alpha value is -0.520. The molecule has 13 nitrogen and oxygen atoms in total. The molecule has 0 fully saturated rings. The van der Waals surface area contributed by atoms with Crippen LogP contribution in [-0.2, 0) is 52.1 Å². The number of hydrogen-bond acceptors (Lipinski definition) is 13. The molecule has 0 aromatic rings. The van der Waals surface area contributed by atoms with E-state index < -0.39 is 6.29 Å². The summed E-state index contributed by atoms with van der Waals surface area (Å²) in [5.41, 5.74) is 0. The van der Waals surface area contributed by atoms with Crippen molar-refractivity contribution in [3.63, 3.8) is 0 Å². The zero-order chi connectivity index (χ0) is 26.2. The summed E-state index contributed by atoms with van der Waals surface area (Å²) < 4.78 is 58.0. The van der Waals surface area contributed by atoms with Crippen LogP contribution in [0.4, 0.5) is 0 Å². The minimum absolute atomic E-state index is 0.0244. The van der Waals surface area contributed by atoms with E-state index in [0.29, 0.717) is 126 Å². The van der Waals surface area contributed by atoms with Crippen LogP contribution in [0.1, 0.15) is 0 Å². The Balaban J connectivity index is 3.02. The van der Waals surface area contributed by atoms with Crippen LogP contribution >= 0.6 is 0 Å². The third-order valence-corrected chi connectivity index (χ3v) is 4.12. The van der Waals surface area contributed by atoms with E-state index in [1.165, 1.54) is 7.11 Å². The van der Waals surface area contributed by atoms with Gasteiger partial charge in [0.15, 0.2) is 6.29 Å². The SMILES string of the molecule is COC(O)COCCOCCOCCOCCOCCOCCOCCOCCOCCOCCO. The first-order valence-corrected chi connectivity index (χ1v) is 12.4. The third-order valence-electron chi connectivity index (χ3n) is 4.12. The lowest BCUT2D eigenvalue weighted by atomic mass is 10.6. The average molecular weight is 533 g/mol. The molecule has 0 saturated carbocycles. The smallest absolute Gasteiger partial charge is 0.177 e. The molecule has 0 rings (SSSR count). The molecule has 0 heterocycles. The Bertz CT molecular complexity index is 393. The van der Waals surface area contributed by atoms with Gasteiger partial charge < -0.3 is 62.3 Å². The Labute approximate surface area is 215 Å². The van der Waals surface area contributed by atoms with Crippen molar-refractivity contribution in [2.24, 2.45) is 0 Å². The van der Waals surface area contributed by atoms with Gasteiger partial charge >= 0.3 is 0 Å². The number of rotatable bonds is 32. The highest BCUT2D eigenvalue weighted by Crippen LogP contribution is 1.88. The lowest BCUT2D eigenvalue weighted by Gasteiger charge is -2.10. The van der Waals surface area contributed by atoms with Crippen molar-refractivity contribution in [2.45, 2.75) is 6.29 Å². The molecular formula is C23H48O13. The summed E-state index contributed by atoms with van der Waals surface area (Å²) in [6.45, 7) is 9.20. The third kappa shape index (κ3) is 31.5. The van der Waals surface area contributed by atoms with Crippen molar-refractivity contribution in [2.75, 3.05) is 146 Å². The lowest BCUT2D eigenvalue weighted by molar-refractivity contribution is -0.123. The number of aliphatic hydroxyl groups is 2. The number of hydrogen-bond donors (Lipinski definition) is 2. The van der Waals surface area contributed by atoms with Gasteiger partial charge in [-0.15, -0.1) is 0 Å². The minimum atomic E-state index is -0.900. The van der Waals surface area contributed by atoms with E-state index in [0.717, 1.165) is 0 Å². The summed E-state index contributed by atoms with van der Waals surface area (Å²) >= 11 is 0. The van der Waals surface area contributed by atoms with Gasteiger partial charge in [0.25, 0.3) is 0 Å². The Morgan fingerprint density at radius 1 is 0.389 bits per heavy atom. The van der Waals surface area contributed by atoms with Crippen molar-refractivity contribution < 1.29 is 62.3 Å². The highest BCUT2D eigenvalue weighted by molar-refractivity contribution is 4.39. The predicted octanol–water partition coefficient (Wildman–Crippen LogP) is -0.890. The summed E-state index contributed by atoms with van der Waals surface area (Å²) in [5, 5.41) is 17.7. The normalized spacial score (nSPS) is 12.4. The summed E-state index contributed by atoms with van der Waals surface area (Å²) in [7, 11) is 1.41. The molecular weight excluding hydrogens is 484 g/mol. The van der Waals surface area contributed by atoms with E-state index in [1.54, 1.807) is 0 Å². The van der Waals surface area contributed by atoms with Crippen molar-refractivity contribution in [3.8, 4) is 0 Å². The molecule has 1 atom stereocenters. The van der Waals surface area contributed by atoms with E-state index in [2.05, 4.69) is 4.74 Å². The first kappa shape index (κ1) is 35.5. The van der Waals surface area contributed by atoms with Gasteiger partial charge in [0.05, 0.1) is 139 Å². The summed E-state index contributed by atoms with van der Waals surface area (Å²) in [4.78, 5) is 0. The van der Waals surface area contributed by atoms with Crippen molar-refractivity contribution in [1.82, 2.24) is 0 Å². The molecule has 0 aliphatic rings. The molecule has 36 heavy (non-hydrogen) atoms. The zero-order valence-electron chi connectivity index (χ0n) is 21.8. The van der Waals surface area contributed by atoms with Crippen LogP contribution in [0.2, 0.25) is 0 Å². The molecule has 218 valence electrons. The molecule has 0 spiro atoms. The first-order valence-electron chi connectivity index (χ1n) is 12.4. The zero-order valence-corrected chi connectivity index (χ0v) is 21.8. The molecule has 2 N–H and O–H groups in total. The van der Waals surface area contributed by atoms with E-state index in [9.17, 15) is 0 Å². The van der Waals surface area contributed by atoms with Gasteiger partial charge in [-0.2, -0.15) is 0 Å². The fraction of sp³-hybridized carbons (Fsp3) is 1.00. The van der Waals surface area contributed by atoms with Crippen LogP contribution in [0.25, 0.3) is 0 Å². The van der Waals surface area contributed by atoms with E-state index in [-0.39, 0.29) is 13.2 Å². The van der Waals surface area contributed by atoms with Gasteiger partial charge in [-0.1, -0.05) is 0 Å². The summed E-state index contributed by atoms with van der Waals surface area (Å²) in [6, 6.07) is 0. The van der Waals surface area contributed by atoms with Crippen LogP contribution in [0.5, 0.6) is 0 Å². The fourth-order valence-electron chi connectivity index (χ4n) is 2.30. The average Bonchev–Trinajstić information content (AvgIpc) is 2.89. The second-order valence-corrected chi connectivity index (χ2v) is 7.00. The molecule has 0 amide bonds. The van der Waals surface area contributed by atoms with Gasteiger partial charge in [0, 0.05) is 7.11 Å². The van der Waals surface area contributed by atoms with Gasteiger partial charge in [0.2, 0.25) is 0 Å².